The number of benzene rings is 2. The topological polar surface area (TPSA) is 69.6 Å². The van der Waals surface area contributed by atoms with E-state index in [-0.39, 0.29) is 24.8 Å². The quantitative estimate of drug-likeness (QED) is 0.592. The van der Waals surface area contributed by atoms with Gasteiger partial charge in [-0.05, 0) is 66.6 Å². The summed E-state index contributed by atoms with van der Waals surface area (Å²) in [5.74, 6) is -0.288. The molecule has 0 radical (unpaired) electrons. The first kappa shape index (κ1) is 20.7. The molecular formula is C21H23ClN2O3S. The van der Waals surface area contributed by atoms with Crippen LogP contribution in [-0.4, -0.2) is 28.5 Å². The van der Waals surface area contributed by atoms with Crippen molar-refractivity contribution in [1.29, 1.82) is 0 Å². The van der Waals surface area contributed by atoms with E-state index in [1.807, 2.05) is 41.3 Å². The molecular weight excluding hydrogens is 396 g/mol. The number of likely N-dealkylation sites (tertiary alicyclic amines) is 1. The second kappa shape index (κ2) is 8.15. The standard InChI is InChI=1S/C21H21ClN2O3.H2S/c22-18-5-1-14(2-6-18)13-24-10-9-21(20(24)26)8-7-15-11-16(19(25)23-27)3-4-17(15)12-21;/h1-6,11,27H,7-10,12-13H2,(H,23,25);1H2/t21-;/m1./s1. The van der Waals surface area contributed by atoms with Crippen LogP contribution in [0.1, 0.15) is 39.9 Å². The Morgan fingerprint density at radius 1 is 1.14 bits per heavy atom. The van der Waals surface area contributed by atoms with Gasteiger partial charge in [-0.1, -0.05) is 29.8 Å². The fourth-order valence-electron chi connectivity index (χ4n) is 4.31. The minimum Gasteiger partial charge on any atom is -0.338 e. The van der Waals surface area contributed by atoms with Crippen molar-refractivity contribution in [3.05, 3.63) is 69.7 Å². The van der Waals surface area contributed by atoms with E-state index in [0.717, 1.165) is 42.5 Å². The number of hydrogen-bond acceptors (Lipinski definition) is 3. The van der Waals surface area contributed by atoms with Crippen molar-refractivity contribution in [2.24, 2.45) is 5.41 Å². The normalized spacial score (nSPS) is 20.6. The summed E-state index contributed by atoms with van der Waals surface area (Å²) < 4.78 is 0. The maximum absolute atomic E-state index is 13.2. The number of fused-ring (bicyclic) bond motifs is 1. The Balaban J connectivity index is 0.00000225. The summed E-state index contributed by atoms with van der Waals surface area (Å²) in [6.07, 6.45) is 3.12. The van der Waals surface area contributed by atoms with Crippen LogP contribution >= 0.6 is 25.1 Å². The molecule has 1 spiro atoms. The number of carbonyl (C=O) groups is 2. The minimum atomic E-state index is -0.510. The first-order valence-electron chi connectivity index (χ1n) is 9.11. The van der Waals surface area contributed by atoms with Crippen molar-refractivity contribution in [2.75, 3.05) is 6.54 Å². The average molecular weight is 419 g/mol. The van der Waals surface area contributed by atoms with Crippen molar-refractivity contribution in [1.82, 2.24) is 10.4 Å². The predicted molar refractivity (Wildman–Crippen MR) is 112 cm³/mol. The molecule has 7 heteroatoms. The van der Waals surface area contributed by atoms with Crippen LogP contribution in [0.25, 0.3) is 0 Å². The van der Waals surface area contributed by atoms with E-state index in [1.54, 1.807) is 11.5 Å². The molecule has 1 saturated heterocycles. The van der Waals surface area contributed by atoms with Crippen molar-refractivity contribution < 1.29 is 14.8 Å². The first-order valence-corrected chi connectivity index (χ1v) is 9.49. The SMILES string of the molecule is O=C(NO)c1ccc2c(c1)CC[C@@]1(CCN(Cc3ccc(Cl)cc3)C1=O)C2.S. The minimum absolute atomic E-state index is 0. The number of nitrogens with zero attached hydrogens (tertiary/aromatic N) is 1. The van der Waals surface area contributed by atoms with Gasteiger partial charge in [-0.15, -0.1) is 0 Å². The Morgan fingerprint density at radius 3 is 2.61 bits per heavy atom. The molecule has 148 valence electrons. The van der Waals surface area contributed by atoms with E-state index in [9.17, 15) is 9.59 Å². The molecule has 0 saturated carbocycles. The third kappa shape index (κ3) is 3.77. The molecule has 0 unspecified atom stereocenters. The number of aryl methyl sites for hydroxylation is 1. The van der Waals surface area contributed by atoms with E-state index in [2.05, 4.69) is 0 Å². The van der Waals surface area contributed by atoms with E-state index >= 15 is 0 Å². The summed E-state index contributed by atoms with van der Waals surface area (Å²) in [7, 11) is 0. The molecule has 2 aromatic rings. The molecule has 2 aliphatic rings. The number of hydrogen-bond donors (Lipinski definition) is 2. The molecule has 5 nitrogen and oxygen atoms in total. The molecule has 0 bridgehead atoms. The highest BCUT2D eigenvalue weighted by molar-refractivity contribution is 7.59. The van der Waals surface area contributed by atoms with Crippen LogP contribution in [0.5, 0.6) is 0 Å². The summed E-state index contributed by atoms with van der Waals surface area (Å²) in [5.41, 5.74) is 5.07. The number of nitrogens with one attached hydrogen (secondary N) is 1. The Kier molecular flexibility index (Phi) is 6.03. The molecule has 1 atom stereocenters. The smallest absolute Gasteiger partial charge is 0.274 e. The van der Waals surface area contributed by atoms with Crippen LogP contribution < -0.4 is 5.48 Å². The van der Waals surface area contributed by atoms with E-state index in [0.29, 0.717) is 23.6 Å². The van der Waals surface area contributed by atoms with Gasteiger partial charge in [-0.2, -0.15) is 13.5 Å². The van der Waals surface area contributed by atoms with Gasteiger partial charge in [0, 0.05) is 23.7 Å². The maximum atomic E-state index is 13.2. The van der Waals surface area contributed by atoms with Crippen LogP contribution in [0.3, 0.4) is 0 Å². The zero-order chi connectivity index (χ0) is 19.0. The molecule has 1 aliphatic carbocycles. The molecule has 1 fully saturated rings. The van der Waals surface area contributed by atoms with E-state index in [4.69, 9.17) is 16.8 Å². The summed E-state index contributed by atoms with van der Waals surface area (Å²) in [4.78, 5) is 26.7. The number of amides is 2. The highest BCUT2D eigenvalue weighted by Crippen LogP contribution is 2.44. The van der Waals surface area contributed by atoms with Crippen LogP contribution in [0.4, 0.5) is 0 Å². The largest absolute Gasteiger partial charge is 0.338 e. The Labute approximate surface area is 176 Å². The molecule has 2 amide bonds. The van der Waals surface area contributed by atoms with Gasteiger partial charge < -0.3 is 4.90 Å². The molecule has 28 heavy (non-hydrogen) atoms. The van der Waals surface area contributed by atoms with Crippen molar-refractivity contribution in [3.8, 4) is 0 Å². The van der Waals surface area contributed by atoms with Crippen LogP contribution in [0.2, 0.25) is 5.02 Å². The first-order chi connectivity index (χ1) is 13.0. The summed E-state index contributed by atoms with van der Waals surface area (Å²) in [6.45, 7) is 1.38. The Morgan fingerprint density at radius 2 is 1.89 bits per heavy atom. The van der Waals surface area contributed by atoms with E-state index in [1.165, 1.54) is 0 Å². The van der Waals surface area contributed by atoms with Gasteiger partial charge >= 0.3 is 0 Å². The molecule has 1 aliphatic heterocycles. The second-order valence-corrected chi connectivity index (χ2v) is 7.92. The third-order valence-electron chi connectivity index (χ3n) is 5.86. The fourth-order valence-corrected chi connectivity index (χ4v) is 4.44. The zero-order valence-corrected chi connectivity index (χ0v) is 17.1. The number of hydroxylamine groups is 1. The Hall–Kier alpha value is -2.02. The molecule has 4 rings (SSSR count). The van der Waals surface area contributed by atoms with Gasteiger partial charge in [0.25, 0.3) is 5.91 Å². The summed E-state index contributed by atoms with van der Waals surface area (Å²) >= 11 is 5.94. The predicted octanol–water partition coefficient (Wildman–Crippen LogP) is 3.48. The highest BCUT2D eigenvalue weighted by Gasteiger charge is 2.47. The lowest BCUT2D eigenvalue weighted by molar-refractivity contribution is -0.137. The summed E-state index contributed by atoms with van der Waals surface area (Å²) in [6, 6.07) is 13.1. The van der Waals surface area contributed by atoms with Gasteiger partial charge in [0.1, 0.15) is 0 Å². The maximum Gasteiger partial charge on any atom is 0.274 e. The second-order valence-electron chi connectivity index (χ2n) is 7.48. The van der Waals surface area contributed by atoms with E-state index < -0.39 is 5.91 Å². The van der Waals surface area contributed by atoms with Crippen molar-refractivity contribution in [3.63, 3.8) is 0 Å². The van der Waals surface area contributed by atoms with Gasteiger partial charge in [0.15, 0.2) is 0 Å². The van der Waals surface area contributed by atoms with Crippen LogP contribution in [0.15, 0.2) is 42.5 Å². The molecule has 2 N–H and O–H groups in total. The third-order valence-corrected chi connectivity index (χ3v) is 6.11. The highest BCUT2D eigenvalue weighted by atomic mass is 35.5. The van der Waals surface area contributed by atoms with Crippen LogP contribution in [0, 0.1) is 5.41 Å². The lowest BCUT2D eigenvalue weighted by Gasteiger charge is -2.33. The lowest BCUT2D eigenvalue weighted by atomic mass is 9.70. The van der Waals surface area contributed by atoms with Crippen LogP contribution in [-0.2, 0) is 24.2 Å². The fraction of sp³-hybridized carbons (Fsp3) is 0.333. The van der Waals surface area contributed by atoms with Crippen molar-refractivity contribution >= 4 is 36.9 Å². The van der Waals surface area contributed by atoms with Gasteiger partial charge in [0.05, 0.1) is 5.41 Å². The molecule has 2 aromatic carbocycles. The summed E-state index contributed by atoms with van der Waals surface area (Å²) in [5, 5.41) is 9.50. The Bertz CT molecular complexity index is 903. The van der Waals surface area contributed by atoms with Gasteiger partial charge in [-0.3, -0.25) is 14.8 Å². The number of carbonyl (C=O) groups excluding carboxylic acids is 2. The molecule has 1 heterocycles. The van der Waals surface area contributed by atoms with Crippen molar-refractivity contribution in [2.45, 2.75) is 32.2 Å². The van der Waals surface area contributed by atoms with Gasteiger partial charge in [-0.25, -0.2) is 5.48 Å². The zero-order valence-electron chi connectivity index (χ0n) is 15.4. The monoisotopic (exact) mass is 418 g/mol. The average Bonchev–Trinajstić information content (AvgIpc) is 2.98. The molecule has 0 aromatic heterocycles. The van der Waals surface area contributed by atoms with Gasteiger partial charge in [0.2, 0.25) is 5.91 Å². The number of rotatable bonds is 3. The lowest BCUT2D eigenvalue weighted by Crippen LogP contribution is -2.38. The number of halogens is 1.